The van der Waals surface area contributed by atoms with E-state index in [1.54, 1.807) is 0 Å². The summed E-state index contributed by atoms with van der Waals surface area (Å²) < 4.78 is 10.9. The van der Waals surface area contributed by atoms with Crippen LogP contribution < -0.4 is 11.1 Å². The first-order valence-corrected chi connectivity index (χ1v) is 11.3. The van der Waals surface area contributed by atoms with E-state index in [9.17, 15) is 14.4 Å². The number of carbonyl (C=O) groups is 3. The average Bonchev–Trinajstić information content (AvgIpc) is 2.57. The summed E-state index contributed by atoms with van der Waals surface area (Å²) in [6.07, 6.45) is 0. The minimum absolute atomic E-state index is 0.124. The highest BCUT2D eigenvalue weighted by molar-refractivity contribution is 5.76. The molecule has 0 saturated carbocycles. The van der Waals surface area contributed by atoms with E-state index < -0.39 is 17.1 Å². The minimum atomic E-state index is -0.530. The molecule has 1 heterocycles. The van der Waals surface area contributed by atoms with Crippen LogP contribution in [0.3, 0.4) is 0 Å². The van der Waals surface area contributed by atoms with Gasteiger partial charge in [0, 0.05) is 52.4 Å². The molecule has 32 heavy (non-hydrogen) atoms. The van der Waals surface area contributed by atoms with E-state index in [-0.39, 0.29) is 31.6 Å². The molecule has 186 valence electrons. The Hall–Kier alpha value is -1.75. The van der Waals surface area contributed by atoms with Gasteiger partial charge in [0.1, 0.15) is 11.2 Å². The van der Waals surface area contributed by atoms with Gasteiger partial charge >= 0.3 is 11.9 Å². The molecule has 0 aromatic rings. The molecule has 1 rings (SSSR count). The largest absolute Gasteiger partial charge is 0.459 e. The van der Waals surface area contributed by atoms with Gasteiger partial charge in [-0.25, -0.2) is 0 Å². The van der Waals surface area contributed by atoms with E-state index in [1.807, 2.05) is 56.2 Å². The molecule has 0 spiro atoms. The Bertz CT molecular complexity index is 571. The summed E-state index contributed by atoms with van der Waals surface area (Å²) in [6.45, 7) is 16.6. The van der Waals surface area contributed by atoms with Crippen molar-refractivity contribution in [2.45, 2.75) is 52.7 Å². The van der Waals surface area contributed by atoms with Gasteiger partial charge in [0.15, 0.2) is 0 Å². The molecule has 0 bridgehead atoms. The van der Waals surface area contributed by atoms with Crippen LogP contribution in [0.2, 0.25) is 0 Å². The molecule has 1 aliphatic rings. The van der Waals surface area contributed by atoms with Gasteiger partial charge in [0.25, 0.3) is 0 Å². The molecule has 0 aromatic heterocycles. The molecule has 1 saturated heterocycles. The standard InChI is InChI=1S/C22H43N5O5/c1-21(2,3)31-19(29)16-25-9-7-24-8-10-26(17-20(30)32-22(4,5)6)12-14-27(13-11-25)15-18(23)28/h24H,7-17H2,1-6H3,(H2,23,28). The van der Waals surface area contributed by atoms with Crippen LogP contribution in [0.15, 0.2) is 0 Å². The van der Waals surface area contributed by atoms with Crippen molar-refractivity contribution in [3.63, 3.8) is 0 Å². The lowest BCUT2D eigenvalue weighted by molar-refractivity contribution is -0.157. The summed E-state index contributed by atoms with van der Waals surface area (Å²) in [4.78, 5) is 42.1. The molecule has 1 amide bonds. The number of nitrogens with two attached hydrogens (primary N) is 1. The van der Waals surface area contributed by atoms with E-state index in [1.165, 1.54) is 0 Å². The molecule has 0 aromatic carbocycles. The molecular formula is C22H43N5O5. The fourth-order valence-electron chi connectivity index (χ4n) is 3.31. The van der Waals surface area contributed by atoms with Crippen LogP contribution >= 0.6 is 0 Å². The Balaban J connectivity index is 2.75. The molecule has 0 atom stereocenters. The number of hydrogen-bond acceptors (Lipinski definition) is 9. The van der Waals surface area contributed by atoms with Crippen LogP contribution in [0.25, 0.3) is 0 Å². The molecule has 1 aliphatic heterocycles. The van der Waals surface area contributed by atoms with Crippen LogP contribution in [0, 0.1) is 0 Å². The SMILES string of the molecule is CC(C)(C)OC(=O)CN1CCNCCN(CC(=O)OC(C)(C)C)CCN(CC(N)=O)CC1. The van der Waals surface area contributed by atoms with Gasteiger partial charge in [0.05, 0.1) is 19.6 Å². The van der Waals surface area contributed by atoms with E-state index in [2.05, 4.69) is 5.32 Å². The number of esters is 2. The number of primary amides is 1. The number of carbonyl (C=O) groups excluding carboxylic acids is 3. The van der Waals surface area contributed by atoms with Gasteiger partial charge in [-0.2, -0.15) is 0 Å². The zero-order valence-electron chi connectivity index (χ0n) is 20.7. The van der Waals surface area contributed by atoms with Gasteiger partial charge in [-0.3, -0.25) is 29.1 Å². The van der Waals surface area contributed by atoms with Crippen molar-refractivity contribution in [3.05, 3.63) is 0 Å². The topological polar surface area (TPSA) is 117 Å². The molecule has 0 radical (unpaired) electrons. The number of rotatable bonds is 6. The van der Waals surface area contributed by atoms with Crippen molar-refractivity contribution in [2.75, 3.05) is 72.0 Å². The highest BCUT2D eigenvalue weighted by Gasteiger charge is 2.22. The highest BCUT2D eigenvalue weighted by Crippen LogP contribution is 2.09. The summed E-state index contributed by atoms with van der Waals surface area (Å²) in [6, 6.07) is 0. The number of nitrogens with zero attached hydrogens (tertiary/aromatic N) is 3. The van der Waals surface area contributed by atoms with Crippen molar-refractivity contribution in [2.24, 2.45) is 5.73 Å². The normalized spacial score (nSPS) is 18.9. The van der Waals surface area contributed by atoms with Crippen molar-refractivity contribution >= 4 is 17.8 Å². The fourth-order valence-corrected chi connectivity index (χ4v) is 3.31. The predicted octanol–water partition coefficient (Wildman–Crippen LogP) is -0.336. The lowest BCUT2D eigenvalue weighted by Gasteiger charge is -2.31. The second-order valence-electron chi connectivity index (χ2n) is 10.2. The number of hydrogen-bond donors (Lipinski definition) is 2. The Kier molecular flexibility index (Phi) is 11.6. The second-order valence-corrected chi connectivity index (χ2v) is 10.2. The lowest BCUT2D eigenvalue weighted by Crippen LogP contribution is -2.48. The lowest BCUT2D eigenvalue weighted by atomic mass is 10.2. The monoisotopic (exact) mass is 457 g/mol. The maximum atomic E-state index is 12.3. The van der Waals surface area contributed by atoms with Gasteiger partial charge < -0.3 is 20.5 Å². The minimum Gasteiger partial charge on any atom is -0.459 e. The number of ether oxygens (including phenoxy) is 2. The van der Waals surface area contributed by atoms with Crippen LogP contribution in [0.1, 0.15) is 41.5 Å². The first-order chi connectivity index (χ1) is 14.7. The van der Waals surface area contributed by atoms with Crippen molar-refractivity contribution in [1.82, 2.24) is 20.0 Å². The Morgan fingerprint density at radius 3 is 1.34 bits per heavy atom. The summed E-state index contributed by atoms with van der Waals surface area (Å²) in [7, 11) is 0. The molecule has 10 nitrogen and oxygen atoms in total. The maximum Gasteiger partial charge on any atom is 0.320 e. The van der Waals surface area contributed by atoms with Crippen LogP contribution in [0.5, 0.6) is 0 Å². The third-order valence-corrected chi connectivity index (χ3v) is 4.60. The van der Waals surface area contributed by atoms with E-state index >= 15 is 0 Å². The third kappa shape index (κ3) is 14.3. The van der Waals surface area contributed by atoms with Gasteiger partial charge in [-0.05, 0) is 41.5 Å². The maximum absolute atomic E-state index is 12.3. The molecule has 10 heteroatoms. The highest BCUT2D eigenvalue weighted by atomic mass is 16.6. The van der Waals surface area contributed by atoms with Gasteiger partial charge in [-0.1, -0.05) is 0 Å². The molecular weight excluding hydrogens is 414 g/mol. The van der Waals surface area contributed by atoms with Crippen molar-refractivity contribution in [3.8, 4) is 0 Å². The third-order valence-electron chi connectivity index (χ3n) is 4.60. The summed E-state index contributed by atoms with van der Waals surface area (Å²) >= 11 is 0. The van der Waals surface area contributed by atoms with Gasteiger partial charge in [0.2, 0.25) is 5.91 Å². The summed E-state index contributed by atoms with van der Waals surface area (Å²) in [5.74, 6) is -0.944. The smallest absolute Gasteiger partial charge is 0.320 e. The van der Waals surface area contributed by atoms with Crippen LogP contribution in [-0.2, 0) is 23.9 Å². The Morgan fingerprint density at radius 2 is 1.03 bits per heavy atom. The summed E-state index contributed by atoms with van der Waals surface area (Å²) in [5.41, 5.74) is 4.38. The van der Waals surface area contributed by atoms with E-state index in [0.717, 1.165) is 0 Å². The number of amides is 1. The quantitative estimate of drug-likeness (QED) is 0.517. The molecule has 0 unspecified atom stereocenters. The van der Waals surface area contributed by atoms with Crippen LogP contribution in [0.4, 0.5) is 0 Å². The Morgan fingerprint density at radius 1 is 0.688 bits per heavy atom. The number of nitrogens with one attached hydrogen (secondary N) is 1. The second kappa shape index (κ2) is 13.1. The first-order valence-electron chi connectivity index (χ1n) is 11.3. The van der Waals surface area contributed by atoms with Crippen molar-refractivity contribution < 1.29 is 23.9 Å². The van der Waals surface area contributed by atoms with E-state index in [4.69, 9.17) is 15.2 Å². The van der Waals surface area contributed by atoms with Crippen LogP contribution in [-0.4, -0.2) is 116 Å². The zero-order valence-corrected chi connectivity index (χ0v) is 20.7. The van der Waals surface area contributed by atoms with Crippen molar-refractivity contribution in [1.29, 1.82) is 0 Å². The molecule has 0 aliphatic carbocycles. The predicted molar refractivity (Wildman–Crippen MR) is 123 cm³/mol. The molecule has 3 N–H and O–H groups in total. The fraction of sp³-hybridized carbons (Fsp3) is 0.864. The Labute approximate surface area is 192 Å². The van der Waals surface area contributed by atoms with Gasteiger partial charge in [-0.15, -0.1) is 0 Å². The molecule has 1 fully saturated rings. The first kappa shape index (κ1) is 28.3. The zero-order chi connectivity index (χ0) is 24.4. The van der Waals surface area contributed by atoms with E-state index in [0.29, 0.717) is 52.4 Å². The summed E-state index contributed by atoms with van der Waals surface area (Å²) in [5, 5.41) is 3.37. The average molecular weight is 458 g/mol.